The van der Waals surface area contributed by atoms with Crippen LogP contribution in [-0.2, 0) is 0 Å². The van der Waals surface area contributed by atoms with Gasteiger partial charge in [0.1, 0.15) is 11.6 Å². The molecule has 2 rings (SSSR count). The van der Waals surface area contributed by atoms with Crippen molar-refractivity contribution in [1.29, 1.82) is 0 Å². The van der Waals surface area contributed by atoms with E-state index in [1.165, 1.54) is 12.1 Å². The van der Waals surface area contributed by atoms with Crippen LogP contribution in [0.4, 0.5) is 23.0 Å². The van der Waals surface area contributed by atoms with Crippen LogP contribution in [0, 0.1) is 17.0 Å². The second kappa shape index (κ2) is 5.23. The highest BCUT2D eigenvalue weighted by molar-refractivity contribution is 9.10. The number of nitrogens with zero attached hydrogens (tertiary/aromatic N) is 2. The maximum absolute atomic E-state index is 10.7. The highest BCUT2D eigenvalue weighted by Gasteiger charge is 2.10. The van der Waals surface area contributed by atoms with Gasteiger partial charge in [-0.15, -0.1) is 0 Å². The molecular weight excluding hydrogens is 312 g/mol. The molecule has 0 fully saturated rings. The fraction of sp³-hybridized carbons (Fsp3) is 0.0833. The molecule has 0 bridgehead atoms. The molecule has 0 radical (unpaired) electrons. The summed E-state index contributed by atoms with van der Waals surface area (Å²) in [5.41, 5.74) is 7.28. The van der Waals surface area contributed by atoms with Crippen molar-refractivity contribution < 1.29 is 4.92 Å². The number of pyridine rings is 1. The Morgan fingerprint density at radius 3 is 2.74 bits per heavy atom. The Labute approximate surface area is 117 Å². The first-order valence-electron chi connectivity index (χ1n) is 5.41. The Bertz CT molecular complexity index is 646. The summed E-state index contributed by atoms with van der Waals surface area (Å²) in [4.78, 5) is 14.3. The third kappa shape index (κ3) is 3.19. The smallest absolute Gasteiger partial charge is 0.276 e. The van der Waals surface area contributed by atoms with Gasteiger partial charge in [-0.3, -0.25) is 10.1 Å². The third-order valence-corrected chi connectivity index (χ3v) is 3.36. The number of aromatic nitrogens is 1. The first-order valence-corrected chi connectivity index (χ1v) is 6.20. The monoisotopic (exact) mass is 322 g/mol. The molecule has 0 atom stereocenters. The molecule has 98 valence electrons. The van der Waals surface area contributed by atoms with E-state index in [0.717, 1.165) is 15.7 Å². The molecule has 0 spiro atoms. The predicted octanol–water partition coefficient (Wildman–Crippen LogP) is 3.39. The summed E-state index contributed by atoms with van der Waals surface area (Å²) >= 11 is 3.40. The molecule has 0 aliphatic heterocycles. The van der Waals surface area contributed by atoms with Crippen LogP contribution in [0.3, 0.4) is 0 Å². The van der Waals surface area contributed by atoms with Gasteiger partial charge < -0.3 is 11.1 Å². The van der Waals surface area contributed by atoms with Crippen LogP contribution in [0.2, 0.25) is 0 Å². The molecule has 0 aliphatic rings. The SMILES string of the molecule is Cc1cc(Nc2cc([N+](=O)[O-])cc(N)n2)ccc1Br. The molecule has 2 aromatic rings. The Kier molecular flexibility index (Phi) is 3.66. The maximum atomic E-state index is 10.7. The lowest BCUT2D eigenvalue weighted by Crippen LogP contribution is -2.00. The average Bonchev–Trinajstić information content (AvgIpc) is 2.33. The maximum Gasteiger partial charge on any atom is 0.276 e. The summed E-state index contributed by atoms with van der Waals surface area (Å²) in [5.74, 6) is 0.443. The quantitative estimate of drug-likeness (QED) is 0.667. The van der Waals surface area contributed by atoms with Gasteiger partial charge in [0.2, 0.25) is 0 Å². The van der Waals surface area contributed by atoms with E-state index in [1.54, 1.807) is 0 Å². The fourth-order valence-corrected chi connectivity index (χ4v) is 1.82. The van der Waals surface area contributed by atoms with Crippen LogP contribution in [0.25, 0.3) is 0 Å². The molecule has 1 aromatic carbocycles. The molecular formula is C12H11BrN4O2. The van der Waals surface area contributed by atoms with E-state index in [0.29, 0.717) is 5.82 Å². The van der Waals surface area contributed by atoms with E-state index in [4.69, 9.17) is 5.73 Å². The van der Waals surface area contributed by atoms with Gasteiger partial charge in [0, 0.05) is 10.2 Å². The van der Waals surface area contributed by atoms with Crippen LogP contribution in [-0.4, -0.2) is 9.91 Å². The molecule has 19 heavy (non-hydrogen) atoms. The lowest BCUT2D eigenvalue weighted by molar-refractivity contribution is -0.384. The molecule has 0 saturated carbocycles. The van der Waals surface area contributed by atoms with E-state index in [1.807, 2.05) is 25.1 Å². The third-order valence-electron chi connectivity index (χ3n) is 2.47. The van der Waals surface area contributed by atoms with Crippen LogP contribution >= 0.6 is 15.9 Å². The van der Waals surface area contributed by atoms with E-state index in [-0.39, 0.29) is 11.5 Å². The first kappa shape index (κ1) is 13.3. The van der Waals surface area contributed by atoms with Gasteiger partial charge in [-0.1, -0.05) is 15.9 Å². The minimum absolute atomic E-state index is 0.0937. The Hall–Kier alpha value is -2.15. The average molecular weight is 323 g/mol. The topological polar surface area (TPSA) is 94.1 Å². The van der Waals surface area contributed by atoms with Crippen molar-refractivity contribution in [2.24, 2.45) is 0 Å². The summed E-state index contributed by atoms with van der Waals surface area (Å²) < 4.78 is 0.990. The number of halogens is 1. The lowest BCUT2D eigenvalue weighted by Gasteiger charge is -2.08. The molecule has 0 unspecified atom stereocenters. The second-order valence-corrected chi connectivity index (χ2v) is 4.84. The Morgan fingerprint density at radius 1 is 1.37 bits per heavy atom. The summed E-state index contributed by atoms with van der Waals surface area (Å²) in [7, 11) is 0. The van der Waals surface area contributed by atoms with Gasteiger partial charge in [0.05, 0.1) is 17.1 Å². The zero-order valence-corrected chi connectivity index (χ0v) is 11.6. The number of rotatable bonds is 3. The normalized spacial score (nSPS) is 10.2. The Morgan fingerprint density at radius 2 is 2.11 bits per heavy atom. The molecule has 0 saturated heterocycles. The van der Waals surface area contributed by atoms with Gasteiger partial charge in [0.25, 0.3) is 5.69 Å². The summed E-state index contributed by atoms with van der Waals surface area (Å²) in [6.07, 6.45) is 0. The summed E-state index contributed by atoms with van der Waals surface area (Å²) in [6.45, 7) is 1.95. The van der Waals surface area contributed by atoms with Crippen molar-refractivity contribution >= 4 is 38.9 Å². The first-order chi connectivity index (χ1) is 8.95. The minimum Gasteiger partial charge on any atom is -0.383 e. The molecule has 3 N–H and O–H groups in total. The van der Waals surface area contributed by atoms with Crippen molar-refractivity contribution in [1.82, 2.24) is 4.98 Å². The Balaban J connectivity index is 2.32. The lowest BCUT2D eigenvalue weighted by atomic mass is 10.2. The summed E-state index contributed by atoms with van der Waals surface area (Å²) in [6, 6.07) is 8.19. The van der Waals surface area contributed by atoms with E-state index in [2.05, 4.69) is 26.2 Å². The van der Waals surface area contributed by atoms with E-state index in [9.17, 15) is 10.1 Å². The van der Waals surface area contributed by atoms with Crippen LogP contribution in [0.1, 0.15) is 5.56 Å². The van der Waals surface area contributed by atoms with Crippen LogP contribution in [0.15, 0.2) is 34.8 Å². The van der Waals surface area contributed by atoms with Crippen molar-refractivity contribution in [3.05, 3.63) is 50.5 Å². The molecule has 1 aromatic heterocycles. The number of nitrogens with one attached hydrogen (secondary N) is 1. The fourth-order valence-electron chi connectivity index (χ4n) is 1.58. The number of anilines is 3. The van der Waals surface area contributed by atoms with Crippen LogP contribution in [0.5, 0.6) is 0 Å². The molecule has 0 aliphatic carbocycles. The summed E-state index contributed by atoms with van der Waals surface area (Å²) in [5, 5.41) is 13.7. The highest BCUT2D eigenvalue weighted by atomic mass is 79.9. The van der Waals surface area contributed by atoms with Crippen LogP contribution < -0.4 is 11.1 Å². The second-order valence-electron chi connectivity index (χ2n) is 3.98. The van der Waals surface area contributed by atoms with E-state index >= 15 is 0 Å². The number of nitrogen functional groups attached to an aromatic ring is 1. The van der Waals surface area contributed by atoms with Gasteiger partial charge in [-0.05, 0) is 30.7 Å². The number of nitro groups is 1. The van der Waals surface area contributed by atoms with Crippen molar-refractivity contribution in [2.45, 2.75) is 6.92 Å². The molecule has 1 heterocycles. The predicted molar refractivity (Wildman–Crippen MR) is 77.5 cm³/mol. The number of benzene rings is 1. The molecule has 7 heteroatoms. The number of hydrogen-bond acceptors (Lipinski definition) is 5. The molecule has 6 nitrogen and oxygen atoms in total. The highest BCUT2D eigenvalue weighted by Crippen LogP contribution is 2.25. The van der Waals surface area contributed by atoms with Gasteiger partial charge >= 0.3 is 0 Å². The van der Waals surface area contributed by atoms with Gasteiger partial charge in [0.15, 0.2) is 0 Å². The number of nitrogens with two attached hydrogens (primary N) is 1. The largest absolute Gasteiger partial charge is 0.383 e. The minimum atomic E-state index is -0.504. The zero-order chi connectivity index (χ0) is 14.0. The van der Waals surface area contributed by atoms with Crippen molar-refractivity contribution in [3.8, 4) is 0 Å². The number of aryl methyl sites for hydroxylation is 1. The molecule has 0 amide bonds. The van der Waals surface area contributed by atoms with E-state index < -0.39 is 4.92 Å². The zero-order valence-electron chi connectivity index (χ0n) is 10.1. The number of hydrogen-bond donors (Lipinski definition) is 2. The van der Waals surface area contributed by atoms with Gasteiger partial charge in [-0.25, -0.2) is 4.98 Å². The van der Waals surface area contributed by atoms with Crippen molar-refractivity contribution in [3.63, 3.8) is 0 Å². The standard InChI is InChI=1S/C12H11BrN4O2/c1-7-4-8(2-3-10(7)13)15-12-6-9(17(18)19)5-11(14)16-12/h2-6H,1H3,(H3,14,15,16). The van der Waals surface area contributed by atoms with Gasteiger partial charge in [-0.2, -0.15) is 0 Å². The van der Waals surface area contributed by atoms with Crippen molar-refractivity contribution in [2.75, 3.05) is 11.1 Å².